The van der Waals surface area contributed by atoms with Gasteiger partial charge in [-0.3, -0.25) is 0 Å². The molecule has 2 aliphatic rings. The van der Waals surface area contributed by atoms with Crippen LogP contribution in [0.25, 0.3) is 11.2 Å². The van der Waals surface area contributed by atoms with Crippen LogP contribution in [0.1, 0.15) is 78.7 Å². The van der Waals surface area contributed by atoms with Gasteiger partial charge in [-0.25, -0.2) is 9.37 Å². The minimum atomic E-state index is -0.997. The topological polar surface area (TPSA) is 70.5 Å². The van der Waals surface area contributed by atoms with Crippen LogP contribution >= 0.6 is 0 Å². The fourth-order valence-electron chi connectivity index (χ4n) is 5.37. The number of imidazole rings is 1. The Morgan fingerprint density at radius 2 is 1.97 bits per heavy atom. The van der Waals surface area contributed by atoms with Crippen LogP contribution in [0.3, 0.4) is 0 Å². The van der Waals surface area contributed by atoms with Crippen molar-refractivity contribution in [3.8, 4) is 11.8 Å². The number of hydrogen-bond donors (Lipinski definition) is 1. The number of benzene rings is 2. The predicted octanol–water partition coefficient (Wildman–Crippen LogP) is 6.41. The van der Waals surface area contributed by atoms with Crippen molar-refractivity contribution in [3.63, 3.8) is 0 Å². The monoisotopic (exact) mass is 493 g/mol. The number of nitriles is 1. The zero-order valence-electron chi connectivity index (χ0n) is 21.2. The van der Waals surface area contributed by atoms with Gasteiger partial charge >= 0.3 is 0 Å². The first kappa shape index (κ1) is 23.4. The molecule has 2 aromatic heterocycles. The number of aliphatic hydroxyl groups is 1. The molecule has 2 aromatic carbocycles. The van der Waals surface area contributed by atoms with Crippen molar-refractivity contribution in [2.45, 2.75) is 58.2 Å². The van der Waals surface area contributed by atoms with Crippen molar-refractivity contribution >= 4 is 11.2 Å². The lowest BCUT2D eigenvalue weighted by molar-refractivity contribution is 0.0796. The van der Waals surface area contributed by atoms with Crippen molar-refractivity contribution in [1.29, 1.82) is 5.26 Å². The molecular formula is C31H28FN3O2. The van der Waals surface area contributed by atoms with E-state index in [1.54, 1.807) is 26.8 Å². The maximum Gasteiger partial charge on any atom is 0.143 e. The molecule has 6 rings (SSSR count). The van der Waals surface area contributed by atoms with E-state index in [2.05, 4.69) is 22.6 Å². The van der Waals surface area contributed by atoms with Crippen LogP contribution in [-0.2, 0) is 18.6 Å². The van der Waals surface area contributed by atoms with Gasteiger partial charge in [0.15, 0.2) is 0 Å². The lowest BCUT2D eigenvalue weighted by atomic mass is 9.89. The molecule has 37 heavy (non-hydrogen) atoms. The van der Waals surface area contributed by atoms with Crippen LogP contribution in [0.2, 0.25) is 0 Å². The summed E-state index contributed by atoms with van der Waals surface area (Å²) in [4.78, 5) is 5.02. The minimum absolute atomic E-state index is 0.285. The number of rotatable bonds is 4. The van der Waals surface area contributed by atoms with E-state index in [0.717, 1.165) is 63.3 Å². The number of ether oxygens (including phenoxy) is 1. The Bertz CT molecular complexity index is 1630. The SMILES string of the molecule is CC(C#N)=C1c2ccc(Cc3c(C4CC4)nc4c(C(C)(C)O)cccn34)cc2COc2cc(F)ccc21. The number of fused-ring (bicyclic) bond motifs is 3. The third-order valence-corrected chi connectivity index (χ3v) is 7.35. The number of pyridine rings is 1. The molecule has 0 atom stereocenters. The second-order valence-corrected chi connectivity index (χ2v) is 10.6. The van der Waals surface area contributed by atoms with Crippen molar-refractivity contribution in [2.75, 3.05) is 0 Å². The average Bonchev–Trinajstić information content (AvgIpc) is 3.67. The molecule has 1 aliphatic carbocycles. The molecule has 0 unspecified atom stereocenters. The smallest absolute Gasteiger partial charge is 0.143 e. The zero-order chi connectivity index (χ0) is 25.9. The molecule has 3 heterocycles. The molecule has 0 radical (unpaired) electrons. The number of aromatic nitrogens is 2. The average molecular weight is 494 g/mol. The maximum absolute atomic E-state index is 14.0. The molecule has 5 nitrogen and oxygen atoms in total. The fourth-order valence-corrected chi connectivity index (χ4v) is 5.37. The summed E-state index contributed by atoms with van der Waals surface area (Å²) in [6.07, 6.45) is 4.95. The second-order valence-electron chi connectivity index (χ2n) is 10.6. The maximum atomic E-state index is 14.0. The summed E-state index contributed by atoms with van der Waals surface area (Å²) >= 11 is 0. The molecule has 1 N–H and O–H groups in total. The van der Waals surface area contributed by atoms with E-state index in [-0.39, 0.29) is 12.4 Å². The summed E-state index contributed by atoms with van der Waals surface area (Å²) in [7, 11) is 0. The van der Waals surface area contributed by atoms with Crippen LogP contribution in [0.15, 0.2) is 60.3 Å². The second kappa shape index (κ2) is 8.57. The molecule has 1 fully saturated rings. The molecule has 4 aromatic rings. The molecule has 1 saturated carbocycles. The first-order valence-electron chi connectivity index (χ1n) is 12.6. The Hall–Kier alpha value is -3.95. The van der Waals surface area contributed by atoms with E-state index >= 15 is 0 Å². The largest absolute Gasteiger partial charge is 0.488 e. The quantitative estimate of drug-likeness (QED) is 0.334. The summed E-state index contributed by atoms with van der Waals surface area (Å²) in [5.41, 5.74) is 7.90. The standard InChI is InChI=1S/C31H28FN3O2/c1-18(16-33)28-23-10-6-19(13-21(23)17-37-27-15-22(32)9-11-24(27)28)14-26-29(20-7-8-20)34-30-25(31(2,3)36)5-4-12-35(26)30/h4-6,9-13,15,20,36H,7-8,14,17H2,1-3H3. The Morgan fingerprint density at radius 1 is 1.19 bits per heavy atom. The first-order valence-corrected chi connectivity index (χ1v) is 12.6. The lowest BCUT2D eigenvalue weighted by Gasteiger charge is -2.18. The van der Waals surface area contributed by atoms with E-state index in [1.807, 2.05) is 24.4 Å². The Kier molecular flexibility index (Phi) is 5.43. The van der Waals surface area contributed by atoms with E-state index in [1.165, 1.54) is 12.1 Å². The van der Waals surface area contributed by atoms with E-state index < -0.39 is 5.60 Å². The van der Waals surface area contributed by atoms with Crippen LogP contribution in [0, 0.1) is 17.1 Å². The van der Waals surface area contributed by atoms with Gasteiger partial charge in [0.05, 0.1) is 23.1 Å². The van der Waals surface area contributed by atoms with Gasteiger partial charge in [-0.15, -0.1) is 0 Å². The normalized spacial score (nSPS) is 16.4. The zero-order valence-corrected chi connectivity index (χ0v) is 21.2. The third kappa shape index (κ3) is 4.10. The molecule has 0 saturated heterocycles. The van der Waals surface area contributed by atoms with Crippen molar-refractivity contribution in [3.05, 3.63) is 105 Å². The Morgan fingerprint density at radius 3 is 2.70 bits per heavy atom. The van der Waals surface area contributed by atoms with E-state index in [0.29, 0.717) is 23.7 Å². The van der Waals surface area contributed by atoms with Gasteiger partial charge in [0.2, 0.25) is 0 Å². The van der Waals surface area contributed by atoms with E-state index in [9.17, 15) is 14.8 Å². The van der Waals surface area contributed by atoms with Crippen molar-refractivity contribution in [2.24, 2.45) is 0 Å². The van der Waals surface area contributed by atoms with Gasteiger partial charge in [-0.05, 0) is 68.5 Å². The number of halogens is 1. The van der Waals surface area contributed by atoms with Gasteiger partial charge in [0.1, 0.15) is 23.8 Å². The van der Waals surface area contributed by atoms with Crippen molar-refractivity contribution < 1.29 is 14.2 Å². The summed E-state index contributed by atoms with van der Waals surface area (Å²) in [6.45, 7) is 5.65. The highest BCUT2D eigenvalue weighted by Crippen LogP contribution is 2.43. The Labute approximate surface area is 215 Å². The van der Waals surface area contributed by atoms with Crippen LogP contribution < -0.4 is 4.74 Å². The molecule has 1 aliphatic heterocycles. The highest BCUT2D eigenvalue weighted by Gasteiger charge is 2.32. The highest BCUT2D eigenvalue weighted by atomic mass is 19.1. The van der Waals surface area contributed by atoms with Crippen LogP contribution in [0.4, 0.5) is 4.39 Å². The third-order valence-electron chi connectivity index (χ3n) is 7.35. The summed E-state index contributed by atoms with van der Waals surface area (Å²) in [5.74, 6) is 0.523. The van der Waals surface area contributed by atoms with E-state index in [4.69, 9.17) is 9.72 Å². The summed E-state index contributed by atoms with van der Waals surface area (Å²) < 4.78 is 22.2. The predicted molar refractivity (Wildman–Crippen MR) is 140 cm³/mol. The fraction of sp³-hybridized carbons (Fsp3) is 0.290. The van der Waals surface area contributed by atoms with Crippen LogP contribution in [0.5, 0.6) is 5.75 Å². The van der Waals surface area contributed by atoms with Crippen molar-refractivity contribution in [1.82, 2.24) is 9.38 Å². The molecule has 0 spiro atoms. The molecule has 0 amide bonds. The summed E-state index contributed by atoms with van der Waals surface area (Å²) in [6, 6.07) is 16.9. The number of nitrogens with zero attached hydrogens (tertiary/aromatic N) is 3. The molecule has 0 bridgehead atoms. The molecule has 6 heteroatoms. The molecular weight excluding hydrogens is 465 g/mol. The first-order chi connectivity index (χ1) is 17.7. The Balaban J connectivity index is 1.45. The van der Waals surface area contributed by atoms with Gasteiger partial charge in [0.25, 0.3) is 0 Å². The van der Waals surface area contributed by atoms with Gasteiger partial charge in [-0.1, -0.05) is 24.3 Å². The summed E-state index contributed by atoms with van der Waals surface area (Å²) in [5, 5.41) is 20.5. The number of hydrogen-bond acceptors (Lipinski definition) is 4. The van der Waals surface area contributed by atoms with Gasteiger partial charge in [-0.2, -0.15) is 5.26 Å². The number of allylic oxidation sites excluding steroid dienone is 1. The molecule has 186 valence electrons. The highest BCUT2D eigenvalue weighted by molar-refractivity contribution is 5.88. The van der Waals surface area contributed by atoms with Gasteiger partial charge in [0, 0.05) is 46.9 Å². The van der Waals surface area contributed by atoms with Gasteiger partial charge < -0.3 is 14.2 Å². The minimum Gasteiger partial charge on any atom is -0.488 e. The van der Waals surface area contributed by atoms with Crippen LogP contribution in [-0.4, -0.2) is 14.5 Å². The lowest BCUT2D eigenvalue weighted by Crippen LogP contribution is -2.17.